The minimum Gasteiger partial charge on any atom is -0.382 e. The van der Waals surface area contributed by atoms with Crippen molar-refractivity contribution in [2.24, 2.45) is 5.73 Å². The second-order valence-electron chi connectivity index (χ2n) is 5.08. The third-order valence-electron chi connectivity index (χ3n) is 3.58. The molecule has 1 aromatic rings. The van der Waals surface area contributed by atoms with Crippen molar-refractivity contribution < 1.29 is 0 Å². The van der Waals surface area contributed by atoms with Crippen LogP contribution in [0.25, 0.3) is 0 Å². The van der Waals surface area contributed by atoms with Gasteiger partial charge in [0.2, 0.25) is 0 Å². The molecule has 0 atom stereocenters. The fraction of sp³-hybridized carbons (Fsp3) is 0.500. The molecular weight excluding hydrogens is 246 g/mol. The van der Waals surface area contributed by atoms with E-state index in [4.69, 9.17) is 22.6 Å². The normalized spacial score (nSPS) is 18.1. The summed E-state index contributed by atoms with van der Waals surface area (Å²) in [5.74, 6) is 0. The molecule has 0 aliphatic heterocycles. The number of rotatable bonds is 3. The molecule has 0 unspecified atom stereocenters. The lowest BCUT2D eigenvalue weighted by Crippen LogP contribution is -2.47. The van der Waals surface area contributed by atoms with Gasteiger partial charge in [-0.1, -0.05) is 30.9 Å². The van der Waals surface area contributed by atoms with Gasteiger partial charge in [0.1, 0.15) is 6.07 Å². The summed E-state index contributed by atoms with van der Waals surface area (Å²) in [5.41, 5.74) is 7.61. The van der Waals surface area contributed by atoms with E-state index in [1.165, 1.54) is 19.3 Å². The summed E-state index contributed by atoms with van der Waals surface area (Å²) in [6.07, 6.45) is 5.78. The van der Waals surface area contributed by atoms with Gasteiger partial charge < -0.3 is 11.1 Å². The van der Waals surface area contributed by atoms with Crippen LogP contribution in [0.2, 0.25) is 5.02 Å². The molecule has 0 bridgehead atoms. The van der Waals surface area contributed by atoms with Gasteiger partial charge in [0, 0.05) is 17.1 Å². The maximum atomic E-state index is 9.06. The standard InChI is InChI=1S/C14H18ClN3/c15-12-4-5-13(11(8-12)9-16)18-10-14(17)6-2-1-3-7-14/h4-5,8,18H,1-3,6-7,10,17H2. The molecule has 0 spiro atoms. The predicted molar refractivity (Wildman–Crippen MR) is 74.7 cm³/mol. The predicted octanol–water partition coefficient (Wildman–Crippen LogP) is 3.29. The second kappa shape index (κ2) is 5.60. The largest absolute Gasteiger partial charge is 0.382 e. The van der Waals surface area contributed by atoms with E-state index in [0.717, 1.165) is 18.5 Å². The van der Waals surface area contributed by atoms with Crippen LogP contribution in [0.5, 0.6) is 0 Å². The van der Waals surface area contributed by atoms with E-state index in [2.05, 4.69) is 11.4 Å². The molecule has 4 heteroatoms. The van der Waals surface area contributed by atoms with Gasteiger partial charge in [0.25, 0.3) is 0 Å². The van der Waals surface area contributed by atoms with Crippen molar-refractivity contribution in [2.45, 2.75) is 37.6 Å². The first-order chi connectivity index (χ1) is 8.63. The van der Waals surface area contributed by atoms with Gasteiger partial charge in [-0.2, -0.15) is 5.26 Å². The molecule has 1 fully saturated rings. The Bertz CT molecular complexity index is 459. The minimum atomic E-state index is -0.134. The Labute approximate surface area is 113 Å². The molecule has 0 saturated heterocycles. The van der Waals surface area contributed by atoms with E-state index in [9.17, 15) is 0 Å². The summed E-state index contributed by atoms with van der Waals surface area (Å²) in [6, 6.07) is 7.45. The summed E-state index contributed by atoms with van der Waals surface area (Å²) in [7, 11) is 0. The van der Waals surface area contributed by atoms with Gasteiger partial charge in [-0.05, 0) is 31.0 Å². The van der Waals surface area contributed by atoms with E-state index < -0.39 is 0 Å². The molecule has 18 heavy (non-hydrogen) atoms. The highest BCUT2D eigenvalue weighted by atomic mass is 35.5. The first-order valence-electron chi connectivity index (χ1n) is 6.35. The van der Waals surface area contributed by atoms with Crippen LogP contribution in [-0.2, 0) is 0 Å². The summed E-state index contributed by atoms with van der Waals surface area (Å²) < 4.78 is 0. The maximum absolute atomic E-state index is 9.06. The Morgan fingerprint density at radius 2 is 2.06 bits per heavy atom. The van der Waals surface area contributed by atoms with Crippen molar-refractivity contribution in [3.05, 3.63) is 28.8 Å². The highest BCUT2D eigenvalue weighted by Gasteiger charge is 2.27. The molecule has 1 saturated carbocycles. The van der Waals surface area contributed by atoms with Gasteiger partial charge >= 0.3 is 0 Å². The van der Waals surface area contributed by atoms with Crippen molar-refractivity contribution >= 4 is 17.3 Å². The first kappa shape index (κ1) is 13.2. The average Bonchev–Trinajstić information content (AvgIpc) is 2.38. The molecule has 96 valence electrons. The maximum Gasteiger partial charge on any atom is 0.101 e. The first-order valence-corrected chi connectivity index (χ1v) is 6.73. The number of nitrogens with zero attached hydrogens (tertiary/aromatic N) is 1. The third-order valence-corrected chi connectivity index (χ3v) is 3.82. The van der Waals surface area contributed by atoms with Crippen molar-refractivity contribution in [3.63, 3.8) is 0 Å². The van der Waals surface area contributed by atoms with Crippen LogP contribution in [0.4, 0.5) is 5.69 Å². The van der Waals surface area contributed by atoms with E-state index >= 15 is 0 Å². The lowest BCUT2D eigenvalue weighted by molar-refractivity contribution is 0.311. The van der Waals surface area contributed by atoms with Gasteiger partial charge in [-0.15, -0.1) is 0 Å². The molecule has 0 heterocycles. The molecule has 1 aromatic carbocycles. The average molecular weight is 264 g/mol. The molecule has 2 rings (SSSR count). The number of hydrogen-bond acceptors (Lipinski definition) is 3. The highest BCUT2D eigenvalue weighted by Crippen LogP contribution is 2.27. The summed E-state index contributed by atoms with van der Waals surface area (Å²) in [4.78, 5) is 0. The molecule has 1 aliphatic carbocycles. The van der Waals surface area contributed by atoms with Crippen molar-refractivity contribution in [1.29, 1.82) is 5.26 Å². The second-order valence-corrected chi connectivity index (χ2v) is 5.51. The number of anilines is 1. The van der Waals surface area contributed by atoms with E-state index in [1.807, 2.05) is 6.07 Å². The Balaban J connectivity index is 2.04. The monoisotopic (exact) mass is 263 g/mol. The molecule has 1 aliphatic rings. The summed E-state index contributed by atoms with van der Waals surface area (Å²) in [6.45, 7) is 0.712. The van der Waals surface area contributed by atoms with Gasteiger partial charge in [0.15, 0.2) is 0 Å². The Morgan fingerprint density at radius 1 is 1.33 bits per heavy atom. The van der Waals surface area contributed by atoms with Crippen LogP contribution in [-0.4, -0.2) is 12.1 Å². The number of nitrogens with two attached hydrogens (primary N) is 1. The Morgan fingerprint density at radius 3 is 2.72 bits per heavy atom. The van der Waals surface area contributed by atoms with Crippen LogP contribution >= 0.6 is 11.6 Å². The van der Waals surface area contributed by atoms with E-state index in [1.54, 1.807) is 12.1 Å². The van der Waals surface area contributed by atoms with Gasteiger partial charge in [-0.25, -0.2) is 0 Å². The highest BCUT2D eigenvalue weighted by molar-refractivity contribution is 6.30. The number of nitrogens with one attached hydrogen (secondary N) is 1. The number of nitriles is 1. The van der Waals surface area contributed by atoms with Crippen molar-refractivity contribution in [3.8, 4) is 6.07 Å². The van der Waals surface area contributed by atoms with Crippen LogP contribution in [0.3, 0.4) is 0 Å². The molecule has 0 radical (unpaired) electrons. The van der Waals surface area contributed by atoms with Crippen LogP contribution < -0.4 is 11.1 Å². The topological polar surface area (TPSA) is 61.8 Å². The lowest BCUT2D eigenvalue weighted by atomic mass is 9.82. The summed E-state index contributed by atoms with van der Waals surface area (Å²) >= 11 is 5.87. The Hall–Kier alpha value is -1.24. The van der Waals surface area contributed by atoms with Crippen LogP contribution in [0, 0.1) is 11.3 Å². The summed E-state index contributed by atoms with van der Waals surface area (Å²) in [5, 5.41) is 12.9. The van der Waals surface area contributed by atoms with E-state index in [0.29, 0.717) is 17.1 Å². The van der Waals surface area contributed by atoms with Crippen molar-refractivity contribution in [2.75, 3.05) is 11.9 Å². The smallest absolute Gasteiger partial charge is 0.101 e. The quantitative estimate of drug-likeness (QED) is 0.880. The molecular formula is C14H18ClN3. The van der Waals surface area contributed by atoms with Gasteiger partial charge in [-0.3, -0.25) is 0 Å². The molecule has 3 N–H and O–H groups in total. The molecule has 3 nitrogen and oxygen atoms in total. The van der Waals surface area contributed by atoms with Crippen LogP contribution in [0.15, 0.2) is 18.2 Å². The lowest BCUT2D eigenvalue weighted by Gasteiger charge is -2.34. The number of benzene rings is 1. The zero-order valence-corrected chi connectivity index (χ0v) is 11.1. The SMILES string of the molecule is N#Cc1cc(Cl)ccc1NCC1(N)CCCCC1. The zero-order chi connectivity index (χ0) is 13.0. The van der Waals surface area contributed by atoms with Crippen molar-refractivity contribution in [1.82, 2.24) is 0 Å². The number of hydrogen-bond donors (Lipinski definition) is 2. The number of halogens is 1. The minimum absolute atomic E-state index is 0.134. The fourth-order valence-corrected chi connectivity index (χ4v) is 2.64. The third kappa shape index (κ3) is 3.16. The van der Waals surface area contributed by atoms with Gasteiger partial charge in [0.05, 0.1) is 11.3 Å². The molecule has 0 aromatic heterocycles. The molecule has 0 amide bonds. The van der Waals surface area contributed by atoms with E-state index in [-0.39, 0.29) is 5.54 Å². The zero-order valence-electron chi connectivity index (χ0n) is 10.4. The van der Waals surface area contributed by atoms with Crippen LogP contribution in [0.1, 0.15) is 37.7 Å². The Kier molecular flexibility index (Phi) is 4.11. The fourth-order valence-electron chi connectivity index (χ4n) is 2.47.